The standard InChI is InChI=1S/C19H33N7.HI/c1-16-6-4-9-26(14-16)19(2,3)15-23-17(20)24-10-12-25(13-11-24)18-21-7-5-8-22-18;/h5,7-8,16H,4,6,9-15H2,1-3H3,(H2,20,23);1H. The second kappa shape index (κ2) is 9.86. The van der Waals surface area contributed by atoms with Crippen LogP contribution in [0.25, 0.3) is 0 Å². The Labute approximate surface area is 180 Å². The summed E-state index contributed by atoms with van der Waals surface area (Å²) in [5, 5.41) is 0. The Morgan fingerprint density at radius 1 is 1.19 bits per heavy atom. The number of guanidine groups is 1. The van der Waals surface area contributed by atoms with Crippen molar-refractivity contribution in [3.63, 3.8) is 0 Å². The van der Waals surface area contributed by atoms with E-state index in [1.165, 1.54) is 19.4 Å². The first-order valence-corrected chi connectivity index (χ1v) is 9.77. The van der Waals surface area contributed by atoms with E-state index in [-0.39, 0.29) is 29.5 Å². The molecule has 2 aliphatic heterocycles. The molecule has 0 aromatic carbocycles. The van der Waals surface area contributed by atoms with Crippen LogP contribution in [0.5, 0.6) is 0 Å². The molecule has 1 aromatic rings. The van der Waals surface area contributed by atoms with Gasteiger partial charge in [-0.15, -0.1) is 24.0 Å². The SMILES string of the molecule is CC1CCCN(C(C)(C)CN=C(N)N2CCN(c3ncccn3)CC2)C1.I. The zero-order valence-electron chi connectivity index (χ0n) is 16.8. The molecule has 0 bridgehead atoms. The highest BCUT2D eigenvalue weighted by atomic mass is 127. The second-order valence-electron chi connectivity index (χ2n) is 8.20. The summed E-state index contributed by atoms with van der Waals surface area (Å²) in [4.78, 5) is 20.3. The Kier molecular flexibility index (Phi) is 8.08. The Balaban J connectivity index is 0.00000261. The summed E-state index contributed by atoms with van der Waals surface area (Å²) in [7, 11) is 0. The lowest BCUT2D eigenvalue weighted by atomic mass is 9.94. The van der Waals surface area contributed by atoms with Gasteiger partial charge in [-0.25, -0.2) is 9.97 Å². The molecule has 8 heteroatoms. The van der Waals surface area contributed by atoms with Gasteiger partial charge in [0.25, 0.3) is 0 Å². The molecular formula is C19H34IN7. The number of hydrogen-bond acceptors (Lipinski definition) is 5. The molecule has 1 atom stereocenters. The van der Waals surface area contributed by atoms with Crippen molar-refractivity contribution in [2.45, 2.75) is 39.2 Å². The first-order chi connectivity index (χ1) is 12.5. The average molecular weight is 487 g/mol. The normalized spacial score (nSPS) is 22.5. The number of rotatable bonds is 4. The minimum absolute atomic E-state index is 0. The van der Waals surface area contributed by atoms with Gasteiger partial charge in [0.15, 0.2) is 5.96 Å². The number of nitrogens with two attached hydrogens (primary N) is 1. The minimum Gasteiger partial charge on any atom is -0.370 e. The molecule has 0 radical (unpaired) electrons. The number of likely N-dealkylation sites (tertiary alicyclic amines) is 1. The van der Waals surface area contributed by atoms with E-state index in [2.05, 4.69) is 45.4 Å². The molecule has 0 aliphatic carbocycles. The molecular weight excluding hydrogens is 453 g/mol. The highest BCUT2D eigenvalue weighted by Crippen LogP contribution is 2.24. The van der Waals surface area contributed by atoms with Gasteiger partial charge in [0, 0.05) is 50.7 Å². The van der Waals surface area contributed by atoms with Crippen molar-refractivity contribution in [1.82, 2.24) is 19.8 Å². The number of nitrogens with zero attached hydrogens (tertiary/aromatic N) is 6. The maximum absolute atomic E-state index is 6.30. The van der Waals surface area contributed by atoms with E-state index in [1.54, 1.807) is 12.4 Å². The maximum atomic E-state index is 6.30. The average Bonchev–Trinajstić information content (AvgIpc) is 2.67. The van der Waals surface area contributed by atoms with Gasteiger partial charge < -0.3 is 15.5 Å². The molecule has 1 aromatic heterocycles. The molecule has 7 nitrogen and oxygen atoms in total. The highest BCUT2D eigenvalue weighted by Gasteiger charge is 2.30. The Morgan fingerprint density at radius 3 is 2.48 bits per heavy atom. The van der Waals surface area contributed by atoms with Crippen molar-refractivity contribution >= 4 is 35.9 Å². The van der Waals surface area contributed by atoms with E-state index in [9.17, 15) is 0 Å². The van der Waals surface area contributed by atoms with E-state index >= 15 is 0 Å². The molecule has 2 aliphatic rings. The van der Waals surface area contributed by atoms with Crippen LogP contribution in [0.2, 0.25) is 0 Å². The van der Waals surface area contributed by atoms with Crippen LogP contribution in [0.15, 0.2) is 23.5 Å². The smallest absolute Gasteiger partial charge is 0.225 e. The summed E-state index contributed by atoms with van der Waals surface area (Å²) in [5.41, 5.74) is 6.36. The molecule has 0 saturated carbocycles. The van der Waals surface area contributed by atoms with E-state index in [1.807, 2.05) is 6.07 Å². The van der Waals surface area contributed by atoms with Crippen LogP contribution in [0.1, 0.15) is 33.6 Å². The van der Waals surface area contributed by atoms with Gasteiger partial charge in [-0.3, -0.25) is 9.89 Å². The van der Waals surface area contributed by atoms with Gasteiger partial charge in [0.1, 0.15) is 0 Å². The van der Waals surface area contributed by atoms with Crippen LogP contribution in [0.3, 0.4) is 0 Å². The number of piperidine rings is 1. The molecule has 1 unspecified atom stereocenters. The minimum atomic E-state index is 0. The fraction of sp³-hybridized carbons (Fsp3) is 0.737. The highest BCUT2D eigenvalue weighted by molar-refractivity contribution is 14.0. The molecule has 3 rings (SSSR count). The quantitative estimate of drug-likeness (QED) is 0.398. The van der Waals surface area contributed by atoms with Crippen LogP contribution >= 0.6 is 24.0 Å². The van der Waals surface area contributed by atoms with Gasteiger partial charge in [0.05, 0.1) is 6.54 Å². The van der Waals surface area contributed by atoms with E-state index in [0.717, 1.165) is 51.1 Å². The summed E-state index contributed by atoms with van der Waals surface area (Å²) in [5.74, 6) is 2.23. The summed E-state index contributed by atoms with van der Waals surface area (Å²) >= 11 is 0. The molecule has 3 heterocycles. The molecule has 2 fully saturated rings. The summed E-state index contributed by atoms with van der Waals surface area (Å²) in [6.07, 6.45) is 6.20. The number of aromatic nitrogens is 2. The van der Waals surface area contributed by atoms with Crippen LogP contribution in [-0.2, 0) is 0 Å². The van der Waals surface area contributed by atoms with Gasteiger partial charge in [-0.1, -0.05) is 6.92 Å². The third-order valence-electron chi connectivity index (χ3n) is 5.58. The van der Waals surface area contributed by atoms with Crippen LogP contribution in [0.4, 0.5) is 5.95 Å². The fourth-order valence-electron chi connectivity index (χ4n) is 3.80. The van der Waals surface area contributed by atoms with Gasteiger partial charge in [-0.2, -0.15) is 0 Å². The fourth-order valence-corrected chi connectivity index (χ4v) is 3.80. The molecule has 27 heavy (non-hydrogen) atoms. The van der Waals surface area contributed by atoms with Crippen LogP contribution < -0.4 is 10.6 Å². The second-order valence-corrected chi connectivity index (χ2v) is 8.20. The zero-order valence-corrected chi connectivity index (χ0v) is 19.2. The zero-order chi connectivity index (χ0) is 18.6. The van der Waals surface area contributed by atoms with Crippen molar-refractivity contribution < 1.29 is 0 Å². The van der Waals surface area contributed by atoms with Crippen LogP contribution in [-0.4, -0.2) is 77.1 Å². The van der Waals surface area contributed by atoms with Crippen molar-refractivity contribution in [2.24, 2.45) is 16.6 Å². The molecule has 0 spiro atoms. The molecule has 152 valence electrons. The monoisotopic (exact) mass is 487 g/mol. The first kappa shape index (κ1) is 22.1. The third kappa shape index (κ3) is 5.91. The Morgan fingerprint density at radius 2 is 1.85 bits per heavy atom. The van der Waals surface area contributed by atoms with Gasteiger partial charge in [-0.05, 0) is 45.2 Å². The number of halogens is 1. The Bertz CT molecular complexity index is 599. The lowest BCUT2D eigenvalue weighted by molar-refractivity contribution is 0.0773. The summed E-state index contributed by atoms with van der Waals surface area (Å²) < 4.78 is 0. The van der Waals surface area contributed by atoms with Crippen molar-refractivity contribution in [3.05, 3.63) is 18.5 Å². The Hall–Kier alpha value is -1.16. The van der Waals surface area contributed by atoms with Crippen molar-refractivity contribution in [1.29, 1.82) is 0 Å². The van der Waals surface area contributed by atoms with E-state index in [4.69, 9.17) is 10.7 Å². The largest absolute Gasteiger partial charge is 0.370 e. The predicted molar refractivity (Wildman–Crippen MR) is 122 cm³/mol. The summed E-state index contributed by atoms with van der Waals surface area (Å²) in [6, 6.07) is 1.84. The van der Waals surface area contributed by atoms with Crippen LogP contribution in [0, 0.1) is 5.92 Å². The molecule has 2 saturated heterocycles. The van der Waals surface area contributed by atoms with Crippen molar-refractivity contribution in [3.8, 4) is 0 Å². The van der Waals surface area contributed by atoms with E-state index < -0.39 is 0 Å². The van der Waals surface area contributed by atoms with Gasteiger partial charge >= 0.3 is 0 Å². The molecule has 2 N–H and O–H groups in total. The maximum Gasteiger partial charge on any atom is 0.225 e. The number of anilines is 1. The van der Waals surface area contributed by atoms with Gasteiger partial charge in [0.2, 0.25) is 5.95 Å². The lowest BCUT2D eigenvalue weighted by Crippen LogP contribution is -2.53. The van der Waals surface area contributed by atoms with Crippen molar-refractivity contribution in [2.75, 3.05) is 50.7 Å². The lowest BCUT2D eigenvalue weighted by Gasteiger charge is -2.42. The number of aliphatic imine (C=N–C) groups is 1. The predicted octanol–water partition coefficient (Wildman–Crippen LogP) is 2.04. The number of hydrogen-bond donors (Lipinski definition) is 1. The first-order valence-electron chi connectivity index (χ1n) is 9.77. The summed E-state index contributed by atoms with van der Waals surface area (Å²) in [6.45, 7) is 13.4. The topological polar surface area (TPSA) is 73.9 Å². The van der Waals surface area contributed by atoms with E-state index in [0.29, 0.717) is 5.96 Å². The third-order valence-corrected chi connectivity index (χ3v) is 5.58. The molecule has 0 amide bonds. The number of piperazine rings is 1.